The van der Waals surface area contributed by atoms with Crippen molar-refractivity contribution in [1.82, 2.24) is 0 Å². The third-order valence-corrected chi connectivity index (χ3v) is 6.00. The number of halogens is 1. The van der Waals surface area contributed by atoms with Gasteiger partial charge in [-0.2, -0.15) is 0 Å². The highest BCUT2D eigenvalue weighted by Crippen LogP contribution is 2.51. The van der Waals surface area contributed by atoms with Crippen LogP contribution >= 0.6 is 15.9 Å². The summed E-state index contributed by atoms with van der Waals surface area (Å²) in [4.78, 5) is 12.2. The summed E-state index contributed by atoms with van der Waals surface area (Å²) in [6, 6.07) is 11.8. The molecule has 0 saturated carbocycles. The van der Waals surface area contributed by atoms with Crippen molar-refractivity contribution < 1.29 is 19.0 Å². The predicted octanol–water partition coefficient (Wildman–Crippen LogP) is 5.27. The Labute approximate surface area is 173 Å². The van der Waals surface area contributed by atoms with Crippen LogP contribution < -0.4 is 10.1 Å². The van der Waals surface area contributed by atoms with E-state index in [-0.39, 0.29) is 24.0 Å². The van der Waals surface area contributed by atoms with E-state index in [1.165, 1.54) is 0 Å². The highest BCUT2D eigenvalue weighted by Gasteiger charge is 2.41. The predicted molar refractivity (Wildman–Crippen MR) is 111 cm³/mol. The summed E-state index contributed by atoms with van der Waals surface area (Å²) >= 11 is 3.59. The van der Waals surface area contributed by atoms with Crippen molar-refractivity contribution in [2.75, 3.05) is 25.6 Å². The molecule has 0 amide bonds. The number of ether oxygens (including phenoxy) is 3. The van der Waals surface area contributed by atoms with Crippen LogP contribution in [0, 0.1) is 5.92 Å². The SMILES string of the molecule is CCOC(=O)c1ccc2c(c1)[C@@H]1OCCC[C@@H]1[C@H](c1cc(Br)ccc1OC)N2. The molecule has 2 aromatic rings. The van der Waals surface area contributed by atoms with Crippen LogP contribution in [0.1, 0.15) is 53.4 Å². The molecule has 0 bridgehead atoms. The highest BCUT2D eigenvalue weighted by molar-refractivity contribution is 9.10. The van der Waals surface area contributed by atoms with Gasteiger partial charge in [-0.25, -0.2) is 4.79 Å². The van der Waals surface area contributed by atoms with Gasteiger partial charge in [0.1, 0.15) is 5.75 Å². The molecule has 0 aliphatic carbocycles. The first-order chi connectivity index (χ1) is 13.6. The first-order valence-corrected chi connectivity index (χ1v) is 10.4. The molecular formula is C22H24BrNO4. The Kier molecular flexibility index (Phi) is 5.60. The number of carbonyl (C=O) groups excluding carboxylic acids is 1. The van der Waals surface area contributed by atoms with Crippen molar-refractivity contribution in [3.05, 3.63) is 57.6 Å². The number of rotatable bonds is 4. The van der Waals surface area contributed by atoms with E-state index < -0.39 is 0 Å². The second-order valence-corrected chi connectivity index (χ2v) is 8.04. The lowest BCUT2D eigenvalue weighted by Gasteiger charge is -2.43. The number of carbonyl (C=O) groups is 1. The first-order valence-electron chi connectivity index (χ1n) is 9.65. The Morgan fingerprint density at radius 1 is 1.25 bits per heavy atom. The molecular weight excluding hydrogens is 422 g/mol. The lowest BCUT2D eigenvalue weighted by molar-refractivity contribution is -0.0383. The quantitative estimate of drug-likeness (QED) is 0.649. The van der Waals surface area contributed by atoms with Crippen molar-refractivity contribution in [2.24, 2.45) is 5.92 Å². The van der Waals surface area contributed by atoms with Crippen LogP contribution in [-0.4, -0.2) is 26.3 Å². The number of benzene rings is 2. The molecule has 0 aromatic heterocycles. The van der Waals surface area contributed by atoms with Gasteiger partial charge < -0.3 is 19.5 Å². The number of methoxy groups -OCH3 is 1. The van der Waals surface area contributed by atoms with E-state index in [1.807, 2.05) is 37.3 Å². The molecule has 5 nitrogen and oxygen atoms in total. The van der Waals surface area contributed by atoms with Gasteiger partial charge in [-0.3, -0.25) is 0 Å². The van der Waals surface area contributed by atoms with E-state index >= 15 is 0 Å². The van der Waals surface area contributed by atoms with E-state index in [1.54, 1.807) is 7.11 Å². The van der Waals surface area contributed by atoms with Gasteiger partial charge in [0.05, 0.1) is 31.4 Å². The van der Waals surface area contributed by atoms with Crippen LogP contribution in [0.15, 0.2) is 40.9 Å². The fourth-order valence-electron chi connectivity index (χ4n) is 4.27. The van der Waals surface area contributed by atoms with Gasteiger partial charge in [0.25, 0.3) is 0 Å². The van der Waals surface area contributed by atoms with E-state index in [0.717, 1.165) is 46.5 Å². The van der Waals surface area contributed by atoms with E-state index in [9.17, 15) is 4.79 Å². The van der Waals surface area contributed by atoms with Crippen LogP contribution in [0.4, 0.5) is 5.69 Å². The molecule has 2 aliphatic rings. The second-order valence-electron chi connectivity index (χ2n) is 7.13. The molecule has 4 rings (SSSR count). The molecule has 0 unspecified atom stereocenters. The summed E-state index contributed by atoms with van der Waals surface area (Å²) in [5, 5.41) is 3.68. The summed E-state index contributed by atoms with van der Waals surface area (Å²) in [7, 11) is 1.70. The summed E-state index contributed by atoms with van der Waals surface area (Å²) in [6.45, 7) is 2.90. The smallest absolute Gasteiger partial charge is 0.338 e. The molecule has 28 heavy (non-hydrogen) atoms. The van der Waals surface area contributed by atoms with Gasteiger partial charge in [0.15, 0.2) is 0 Å². The van der Waals surface area contributed by atoms with Crippen LogP contribution in [0.5, 0.6) is 5.75 Å². The number of anilines is 1. The molecule has 148 valence electrons. The summed E-state index contributed by atoms with van der Waals surface area (Å²) in [6.07, 6.45) is 2.00. The highest BCUT2D eigenvalue weighted by atomic mass is 79.9. The number of esters is 1. The molecule has 0 spiro atoms. The molecule has 3 atom stereocenters. The monoisotopic (exact) mass is 445 g/mol. The zero-order valence-electron chi connectivity index (χ0n) is 16.0. The number of hydrogen-bond acceptors (Lipinski definition) is 5. The fraction of sp³-hybridized carbons (Fsp3) is 0.409. The molecule has 6 heteroatoms. The van der Waals surface area contributed by atoms with Crippen LogP contribution in [0.2, 0.25) is 0 Å². The third-order valence-electron chi connectivity index (χ3n) is 5.50. The Balaban J connectivity index is 1.76. The number of fused-ring (bicyclic) bond motifs is 3. The maximum Gasteiger partial charge on any atom is 0.338 e. The average molecular weight is 446 g/mol. The lowest BCUT2D eigenvalue weighted by Crippen LogP contribution is -2.36. The Hall–Kier alpha value is -2.05. The minimum atomic E-state index is -0.298. The maximum absolute atomic E-state index is 12.2. The topological polar surface area (TPSA) is 56.8 Å². The maximum atomic E-state index is 12.2. The van der Waals surface area contributed by atoms with Gasteiger partial charge in [0.2, 0.25) is 0 Å². The van der Waals surface area contributed by atoms with Gasteiger partial charge in [0, 0.05) is 33.8 Å². The summed E-state index contributed by atoms with van der Waals surface area (Å²) in [5.74, 6) is 0.812. The molecule has 2 heterocycles. The largest absolute Gasteiger partial charge is 0.496 e. The van der Waals surface area contributed by atoms with Crippen molar-refractivity contribution >= 4 is 27.6 Å². The van der Waals surface area contributed by atoms with E-state index in [2.05, 4.69) is 27.3 Å². The zero-order valence-corrected chi connectivity index (χ0v) is 17.6. The number of nitrogens with one attached hydrogen (secondary N) is 1. The Bertz CT molecular complexity index is 885. The van der Waals surface area contributed by atoms with Gasteiger partial charge >= 0.3 is 5.97 Å². The fourth-order valence-corrected chi connectivity index (χ4v) is 4.65. The minimum Gasteiger partial charge on any atom is -0.496 e. The van der Waals surface area contributed by atoms with Crippen molar-refractivity contribution in [1.29, 1.82) is 0 Å². The number of hydrogen-bond donors (Lipinski definition) is 1. The molecule has 1 fully saturated rings. The first kappa shape index (κ1) is 19.3. The molecule has 2 aliphatic heterocycles. The molecule has 0 radical (unpaired) electrons. The molecule has 1 saturated heterocycles. The average Bonchev–Trinajstić information content (AvgIpc) is 2.73. The summed E-state index contributed by atoms with van der Waals surface area (Å²) in [5.41, 5.74) is 3.69. The standard InChI is InChI=1S/C22H24BrNO4/c1-3-27-22(25)13-6-8-18-16(11-13)21-15(5-4-10-28-21)20(24-18)17-12-14(23)7-9-19(17)26-2/h6-9,11-12,15,20-21,24H,3-5,10H2,1-2H3/t15-,20-,21-/m1/s1. The lowest BCUT2D eigenvalue weighted by atomic mass is 9.77. The van der Waals surface area contributed by atoms with Crippen LogP contribution in [-0.2, 0) is 9.47 Å². The van der Waals surface area contributed by atoms with Gasteiger partial charge in [-0.15, -0.1) is 0 Å². The third kappa shape index (κ3) is 3.51. The molecule has 1 N–H and O–H groups in total. The van der Waals surface area contributed by atoms with E-state index in [0.29, 0.717) is 12.2 Å². The van der Waals surface area contributed by atoms with Gasteiger partial charge in [-0.1, -0.05) is 15.9 Å². The Morgan fingerprint density at radius 2 is 2.11 bits per heavy atom. The van der Waals surface area contributed by atoms with Gasteiger partial charge in [-0.05, 0) is 56.2 Å². The zero-order chi connectivity index (χ0) is 19.7. The van der Waals surface area contributed by atoms with Crippen molar-refractivity contribution in [3.63, 3.8) is 0 Å². The van der Waals surface area contributed by atoms with Crippen LogP contribution in [0.25, 0.3) is 0 Å². The normalized spacial score (nSPS) is 23.2. The molecule has 2 aromatic carbocycles. The Morgan fingerprint density at radius 3 is 2.89 bits per heavy atom. The minimum absolute atomic E-state index is 0.0620. The van der Waals surface area contributed by atoms with E-state index in [4.69, 9.17) is 14.2 Å². The second kappa shape index (κ2) is 8.13. The van der Waals surface area contributed by atoms with Crippen molar-refractivity contribution in [3.8, 4) is 5.75 Å². The van der Waals surface area contributed by atoms with Crippen molar-refractivity contribution in [2.45, 2.75) is 31.9 Å². The van der Waals surface area contributed by atoms with Crippen LogP contribution in [0.3, 0.4) is 0 Å². The summed E-state index contributed by atoms with van der Waals surface area (Å²) < 4.78 is 18.0.